The summed E-state index contributed by atoms with van der Waals surface area (Å²) >= 11 is 0. The molecule has 480 valence electrons. The van der Waals surface area contributed by atoms with E-state index in [0.717, 1.165) is 19.7 Å². The van der Waals surface area contributed by atoms with Gasteiger partial charge in [-0.2, -0.15) is 9.13 Å². The van der Waals surface area contributed by atoms with Crippen molar-refractivity contribution < 1.29 is 90.6 Å². The van der Waals surface area contributed by atoms with Crippen molar-refractivity contribution in [2.24, 2.45) is 0 Å². The molecule has 91 heavy (non-hydrogen) atoms. The molecular weight excluding hydrogens is 1250 g/mol. The largest absolute Gasteiger partial charge is 0.748 e. The van der Waals surface area contributed by atoms with Gasteiger partial charge in [0.25, 0.3) is 43.7 Å². The number of benzene rings is 6. The number of pyridine rings is 2. The second-order valence-corrected chi connectivity index (χ2v) is 28.6. The van der Waals surface area contributed by atoms with Crippen molar-refractivity contribution in [2.75, 3.05) is 24.6 Å². The van der Waals surface area contributed by atoms with E-state index in [2.05, 4.69) is 0 Å². The molecule has 0 aliphatic carbocycles. The molecule has 4 amide bonds. The predicted octanol–water partition coefficient (Wildman–Crippen LogP) is 7.52. The molecule has 9 rings (SSSR count). The Morgan fingerprint density at radius 1 is 0.473 bits per heavy atom. The number of carbonyl (C=O) groups excluding carboxylic acids is 5. The summed E-state index contributed by atoms with van der Waals surface area (Å²) in [6.45, 7) is 3.62. The van der Waals surface area contributed by atoms with Crippen LogP contribution in [0.1, 0.15) is 109 Å². The van der Waals surface area contributed by atoms with Crippen LogP contribution in [-0.2, 0) is 77.4 Å². The molecule has 0 unspecified atom stereocenters. The van der Waals surface area contributed by atoms with Gasteiger partial charge in [-0.3, -0.25) is 24.0 Å². The van der Waals surface area contributed by atoms with Crippen molar-refractivity contribution in [3.05, 3.63) is 168 Å². The van der Waals surface area contributed by atoms with Crippen LogP contribution in [0.5, 0.6) is 0 Å². The highest BCUT2D eigenvalue weighted by molar-refractivity contribution is 7.90. The Labute approximate surface area is 527 Å². The molecule has 0 saturated carbocycles. The zero-order chi connectivity index (χ0) is 65.8. The summed E-state index contributed by atoms with van der Waals surface area (Å²) < 4.78 is 129. The molecule has 23 nitrogen and oxygen atoms in total. The van der Waals surface area contributed by atoms with Crippen molar-refractivity contribution in [3.8, 4) is 0 Å². The highest BCUT2D eigenvalue weighted by atomic mass is 32.2. The monoisotopic (exact) mass is 1320 g/mol. The summed E-state index contributed by atoms with van der Waals surface area (Å²) in [7, 11) is -17.5. The number of carboxylic acid groups (broad SMARTS) is 1. The molecule has 0 bridgehead atoms. The van der Waals surface area contributed by atoms with Gasteiger partial charge in [-0.05, 0) is 88.1 Å². The molecule has 1 saturated heterocycles. The lowest BCUT2D eigenvalue weighted by Crippen LogP contribution is -2.40. The number of rotatable bonds is 27. The third-order valence-electron chi connectivity index (χ3n) is 15.2. The molecule has 3 heterocycles. The SMILES string of the molecule is Cc1ccc(S(=O)(=O)N(CCCCCC(=O)O)C(=O)c2c3ccccc3[n+](CCCS(=O)(=O)[O-])c3ccccc23)cc1.Cc1ccc(S(=O)(=O)N(CCCCCC(=O)ON2C(=O)CCC2=O)C(=O)c2c3ccccc3[n+](CCCS(=O)(=O)[O-])c3ccccc23)cc1. The Kier molecular flexibility index (Phi) is 22.2. The normalized spacial score (nSPS) is 12.9. The molecule has 27 heteroatoms. The molecule has 0 atom stereocenters. The van der Waals surface area contributed by atoms with E-state index in [-0.39, 0.29) is 105 Å². The number of fused-ring (bicyclic) bond motifs is 4. The van der Waals surface area contributed by atoms with E-state index in [1.165, 1.54) is 24.3 Å². The number of aliphatic carboxylic acids is 1. The lowest BCUT2D eigenvalue weighted by Gasteiger charge is -2.24. The van der Waals surface area contributed by atoms with Gasteiger partial charge in [-0.15, -0.1) is 5.06 Å². The van der Waals surface area contributed by atoms with Crippen LogP contribution in [-0.4, -0.2) is 122 Å². The van der Waals surface area contributed by atoms with Crippen molar-refractivity contribution in [2.45, 2.75) is 114 Å². The van der Waals surface area contributed by atoms with Crippen LogP contribution in [0.4, 0.5) is 0 Å². The number of hydroxylamine groups is 2. The second kappa shape index (κ2) is 29.6. The first-order valence-electron chi connectivity index (χ1n) is 29.3. The molecule has 6 aromatic carbocycles. The number of sulfonamides is 2. The number of hydrogen-bond donors (Lipinski definition) is 1. The first-order valence-corrected chi connectivity index (χ1v) is 35.3. The zero-order valence-electron chi connectivity index (χ0n) is 49.8. The van der Waals surface area contributed by atoms with E-state index in [0.29, 0.717) is 67.9 Å². The lowest BCUT2D eigenvalue weighted by atomic mass is 10.0. The molecule has 1 aliphatic rings. The van der Waals surface area contributed by atoms with Gasteiger partial charge in [0.05, 0.1) is 62.7 Å². The van der Waals surface area contributed by atoms with E-state index in [9.17, 15) is 71.5 Å². The standard InChI is InChI=1S/C34H35N3O10S2.C30H32N2O8S2/c1-24-15-17-25(18-16-24)49(45,46)36(22-8-2-3-14-32(40)47-37-30(38)19-20-31(37)39)34(41)33-26-10-4-6-12-28(26)35(21-9-23-48(42,43)44)29-13-7-5-11-27(29)33;1-22-15-17-23(18-16-22)42(39,40)32(20-8-2-3-14-28(33)34)30(35)29-24-10-4-6-12-26(24)31(19-9-21-41(36,37)38)27-13-7-5-11-25(27)29/h4-7,10-13,15-18H,2-3,8-9,14,19-23H2,1H3;4-7,10-13,15-18H,2-3,8-9,14,19-21H2,1H3,(H-,33,34,36,37,38). The average Bonchev–Trinajstić information content (AvgIpc) is 1.01. The number of para-hydroxylation sites is 4. The van der Waals surface area contributed by atoms with Gasteiger partial charge >= 0.3 is 11.9 Å². The maximum atomic E-state index is 14.6. The zero-order valence-corrected chi connectivity index (χ0v) is 53.1. The minimum atomic E-state index is -4.45. The molecule has 1 aliphatic heterocycles. The third kappa shape index (κ3) is 16.9. The maximum Gasteiger partial charge on any atom is 0.333 e. The lowest BCUT2D eigenvalue weighted by molar-refractivity contribution is -0.645. The Morgan fingerprint density at radius 2 is 0.802 bits per heavy atom. The number of hydrogen-bond acceptors (Lipinski definition) is 17. The van der Waals surface area contributed by atoms with Gasteiger partial charge in [0.15, 0.2) is 13.1 Å². The Bertz CT molecular complexity index is 4440. The van der Waals surface area contributed by atoms with Crippen LogP contribution in [0.3, 0.4) is 0 Å². The van der Waals surface area contributed by atoms with Crippen LogP contribution in [0.15, 0.2) is 155 Å². The molecular formula is C64H67N5O18S4. The highest BCUT2D eigenvalue weighted by Crippen LogP contribution is 2.32. The summed E-state index contributed by atoms with van der Waals surface area (Å²) in [4.78, 5) is 80.5. The maximum absolute atomic E-state index is 14.6. The van der Waals surface area contributed by atoms with Crippen LogP contribution in [0.25, 0.3) is 43.6 Å². The van der Waals surface area contributed by atoms with E-state index < -0.39 is 87.4 Å². The molecule has 0 spiro atoms. The smallest absolute Gasteiger partial charge is 0.333 e. The molecule has 2 aromatic heterocycles. The van der Waals surface area contributed by atoms with E-state index in [4.69, 9.17) is 9.94 Å². The summed E-state index contributed by atoms with van der Waals surface area (Å²) in [5, 5.41) is 11.3. The number of carboxylic acids is 1. The number of carbonyl (C=O) groups is 6. The number of unbranched alkanes of at least 4 members (excludes halogenated alkanes) is 4. The van der Waals surface area contributed by atoms with Gasteiger partial charge in [0.1, 0.15) is 0 Å². The predicted molar refractivity (Wildman–Crippen MR) is 332 cm³/mol. The summed E-state index contributed by atoms with van der Waals surface area (Å²) in [6, 6.07) is 40.0. The second-order valence-electron chi connectivity index (χ2n) is 21.8. The third-order valence-corrected chi connectivity index (χ3v) is 20.4. The van der Waals surface area contributed by atoms with Crippen molar-refractivity contribution in [1.29, 1.82) is 0 Å². The van der Waals surface area contributed by atoms with Crippen molar-refractivity contribution in [1.82, 2.24) is 13.7 Å². The number of imide groups is 1. The van der Waals surface area contributed by atoms with E-state index >= 15 is 0 Å². The van der Waals surface area contributed by atoms with E-state index in [1.807, 2.05) is 23.0 Å². The summed E-state index contributed by atoms with van der Waals surface area (Å²) in [6.07, 6.45) is 1.65. The number of nitrogens with zero attached hydrogens (tertiary/aromatic N) is 5. The van der Waals surface area contributed by atoms with Gasteiger partial charge in [0, 0.05) is 87.4 Å². The Hall–Kier alpha value is -8.60. The topological polar surface area (TPSA) is 332 Å². The van der Waals surface area contributed by atoms with Gasteiger partial charge < -0.3 is 19.0 Å². The van der Waals surface area contributed by atoms with Crippen LogP contribution in [0.2, 0.25) is 0 Å². The summed E-state index contributed by atoms with van der Waals surface area (Å²) in [5.74, 6) is -5.51. The fraction of sp³-hybridized carbons (Fsp3) is 0.312. The molecule has 1 fully saturated rings. The van der Waals surface area contributed by atoms with Crippen LogP contribution < -0.4 is 9.13 Å². The number of aryl methyl sites for hydroxylation is 4. The first kappa shape index (κ1) is 68.3. The van der Waals surface area contributed by atoms with E-state index in [1.54, 1.807) is 121 Å². The quantitative estimate of drug-likeness (QED) is 0.0171. The minimum absolute atomic E-state index is 0.0246. The first-order chi connectivity index (χ1) is 43.2. The highest BCUT2D eigenvalue weighted by Gasteiger charge is 2.37. The molecule has 1 N–H and O–H groups in total. The van der Waals surface area contributed by atoms with Gasteiger partial charge in [-0.25, -0.2) is 47.1 Å². The van der Waals surface area contributed by atoms with Crippen molar-refractivity contribution >= 4 is 119 Å². The molecule has 8 aromatic rings. The summed E-state index contributed by atoms with van der Waals surface area (Å²) in [5.41, 5.74) is 4.26. The van der Waals surface area contributed by atoms with Crippen LogP contribution >= 0.6 is 0 Å². The average molecular weight is 1320 g/mol. The Balaban J connectivity index is 0.000000237. The number of amides is 4. The fourth-order valence-corrected chi connectivity index (χ4v) is 14.6. The Morgan fingerprint density at radius 3 is 1.13 bits per heavy atom. The fourth-order valence-electron chi connectivity index (χ4n) is 10.8. The van der Waals surface area contributed by atoms with Gasteiger partial charge in [-0.1, -0.05) is 96.8 Å². The van der Waals surface area contributed by atoms with Crippen LogP contribution in [0, 0.1) is 13.8 Å². The van der Waals surface area contributed by atoms with Gasteiger partial charge in [0.2, 0.25) is 22.1 Å². The number of aromatic nitrogens is 2. The molecule has 0 radical (unpaired) electrons. The minimum Gasteiger partial charge on any atom is -0.748 e. The van der Waals surface area contributed by atoms with Crippen molar-refractivity contribution in [3.63, 3.8) is 0 Å².